The van der Waals surface area contributed by atoms with E-state index in [1.54, 1.807) is 12.1 Å². The first-order chi connectivity index (χ1) is 10.2. The van der Waals surface area contributed by atoms with Crippen molar-refractivity contribution in [3.05, 3.63) is 34.4 Å². The van der Waals surface area contributed by atoms with Crippen LogP contribution in [0.3, 0.4) is 0 Å². The fourth-order valence-electron chi connectivity index (χ4n) is 2.72. The molecule has 1 saturated heterocycles. The molecule has 2 rings (SSSR count). The largest absolute Gasteiger partial charge is 0.492 e. The van der Waals surface area contributed by atoms with E-state index in [0.717, 1.165) is 19.6 Å². The molecule has 6 nitrogen and oxygen atoms in total. The van der Waals surface area contributed by atoms with Gasteiger partial charge in [-0.2, -0.15) is 0 Å². The van der Waals surface area contributed by atoms with Crippen LogP contribution in [0.15, 0.2) is 24.3 Å². The summed E-state index contributed by atoms with van der Waals surface area (Å²) in [7, 11) is 0. The van der Waals surface area contributed by atoms with Crippen molar-refractivity contribution in [2.75, 3.05) is 32.8 Å². The summed E-state index contributed by atoms with van der Waals surface area (Å²) in [6.45, 7) is 6.88. The Morgan fingerprint density at radius 1 is 1.43 bits per heavy atom. The first-order valence-corrected chi connectivity index (χ1v) is 7.52. The third kappa shape index (κ3) is 4.68. The number of ether oxygens (including phenoxy) is 1. The molecule has 1 unspecified atom stereocenters. The van der Waals surface area contributed by atoms with Gasteiger partial charge < -0.3 is 10.1 Å². The van der Waals surface area contributed by atoms with Gasteiger partial charge in [0.1, 0.15) is 12.4 Å². The molecule has 1 aromatic carbocycles. The normalized spacial score (nSPS) is 18.8. The van der Waals surface area contributed by atoms with Crippen molar-refractivity contribution in [3.8, 4) is 5.75 Å². The van der Waals surface area contributed by atoms with Gasteiger partial charge in [-0.1, -0.05) is 6.92 Å². The minimum Gasteiger partial charge on any atom is -0.492 e. The van der Waals surface area contributed by atoms with E-state index in [0.29, 0.717) is 18.4 Å². The topological polar surface area (TPSA) is 67.6 Å². The van der Waals surface area contributed by atoms with E-state index in [-0.39, 0.29) is 5.69 Å². The minimum atomic E-state index is -0.410. The summed E-state index contributed by atoms with van der Waals surface area (Å²) in [5.74, 6) is 0.665. The van der Waals surface area contributed by atoms with Crippen molar-refractivity contribution in [1.29, 1.82) is 0 Å². The molecule has 1 N–H and O–H groups in total. The lowest BCUT2D eigenvalue weighted by Crippen LogP contribution is -2.38. The highest BCUT2D eigenvalue weighted by Gasteiger charge is 2.21. The van der Waals surface area contributed by atoms with Crippen LogP contribution in [0, 0.1) is 10.1 Å². The lowest BCUT2D eigenvalue weighted by Gasteiger charge is -2.22. The number of nitrogens with one attached hydrogen (secondary N) is 1. The summed E-state index contributed by atoms with van der Waals surface area (Å²) < 4.78 is 5.56. The van der Waals surface area contributed by atoms with Gasteiger partial charge in [-0.15, -0.1) is 0 Å². The van der Waals surface area contributed by atoms with E-state index < -0.39 is 4.92 Å². The molecule has 1 aromatic rings. The highest BCUT2D eigenvalue weighted by molar-refractivity contribution is 5.35. The van der Waals surface area contributed by atoms with Crippen molar-refractivity contribution in [2.45, 2.75) is 25.8 Å². The van der Waals surface area contributed by atoms with Crippen molar-refractivity contribution in [2.24, 2.45) is 0 Å². The molecular weight excluding hydrogens is 270 g/mol. The Bertz CT molecular complexity index is 450. The van der Waals surface area contributed by atoms with Gasteiger partial charge in [-0.25, -0.2) is 0 Å². The van der Waals surface area contributed by atoms with Crippen LogP contribution >= 0.6 is 0 Å². The van der Waals surface area contributed by atoms with Crippen LogP contribution in [-0.4, -0.2) is 48.7 Å². The lowest BCUT2D eigenvalue weighted by molar-refractivity contribution is -0.384. The van der Waals surface area contributed by atoms with Crippen LogP contribution in [0.2, 0.25) is 0 Å². The maximum atomic E-state index is 10.5. The first-order valence-electron chi connectivity index (χ1n) is 7.52. The fraction of sp³-hybridized carbons (Fsp3) is 0.600. The van der Waals surface area contributed by atoms with E-state index >= 15 is 0 Å². The number of nitro benzene ring substituents is 1. The zero-order chi connectivity index (χ0) is 15.1. The Kier molecular flexibility index (Phi) is 5.95. The second-order valence-electron chi connectivity index (χ2n) is 5.23. The zero-order valence-corrected chi connectivity index (χ0v) is 12.5. The van der Waals surface area contributed by atoms with E-state index in [4.69, 9.17) is 4.74 Å². The summed E-state index contributed by atoms with van der Waals surface area (Å²) >= 11 is 0. The highest BCUT2D eigenvalue weighted by Crippen LogP contribution is 2.17. The number of nitrogens with zero attached hydrogens (tertiary/aromatic N) is 2. The predicted molar refractivity (Wildman–Crippen MR) is 81.7 cm³/mol. The quantitative estimate of drug-likeness (QED) is 0.451. The third-order valence-electron chi connectivity index (χ3n) is 3.88. The smallest absolute Gasteiger partial charge is 0.269 e. The molecule has 0 saturated carbocycles. The Balaban J connectivity index is 1.62. The molecule has 0 bridgehead atoms. The van der Waals surface area contributed by atoms with Crippen molar-refractivity contribution < 1.29 is 9.66 Å². The average molecular weight is 293 g/mol. The first kappa shape index (κ1) is 15.7. The molecule has 116 valence electrons. The Hall–Kier alpha value is -1.66. The van der Waals surface area contributed by atoms with Gasteiger partial charge in [0.05, 0.1) is 4.92 Å². The van der Waals surface area contributed by atoms with Crippen molar-refractivity contribution in [3.63, 3.8) is 0 Å². The Labute approximate surface area is 125 Å². The number of hydrogen-bond donors (Lipinski definition) is 1. The second-order valence-corrected chi connectivity index (χ2v) is 5.23. The maximum Gasteiger partial charge on any atom is 0.269 e. The van der Waals surface area contributed by atoms with Crippen molar-refractivity contribution >= 4 is 5.69 Å². The number of nitro groups is 1. The number of likely N-dealkylation sites (tertiary alicyclic amines) is 1. The molecule has 0 amide bonds. The number of rotatable bonds is 8. The van der Waals surface area contributed by atoms with Crippen LogP contribution < -0.4 is 10.1 Å². The van der Waals surface area contributed by atoms with Crippen LogP contribution in [0.1, 0.15) is 19.8 Å². The monoisotopic (exact) mass is 293 g/mol. The van der Waals surface area contributed by atoms with Crippen LogP contribution in [0.25, 0.3) is 0 Å². The molecule has 1 fully saturated rings. The van der Waals surface area contributed by atoms with E-state index in [1.807, 2.05) is 0 Å². The molecule has 0 radical (unpaired) electrons. The molecule has 6 heteroatoms. The number of hydrogen-bond acceptors (Lipinski definition) is 5. The third-order valence-corrected chi connectivity index (χ3v) is 3.88. The van der Waals surface area contributed by atoms with E-state index in [9.17, 15) is 10.1 Å². The van der Waals surface area contributed by atoms with Gasteiger partial charge in [0, 0.05) is 31.3 Å². The average Bonchev–Trinajstić information content (AvgIpc) is 2.95. The van der Waals surface area contributed by atoms with E-state index in [2.05, 4.69) is 17.1 Å². The molecule has 0 spiro atoms. The molecule has 1 aliphatic rings. The summed E-state index contributed by atoms with van der Waals surface area (Å²) in [6.07, 6.45) is 2.56. The molecule has 1 aliphatic heterocycles. The zero-order valence-electron chi connectivity index (χ0n) is 12.5. The molecule has 1 heterocycles. The summed E-state index contributed by atoms with van der Waals surface area (Å²) in [6, 6.07) is 6.83. The van der Waals surface area contributed by atoms with Crippen LogP contribution in [0.4, 0.5) is 5.69 Å². The molecule has 1 atom stereocenters. The standard InChI is InChI=1S/C15H23N3O3/c1-2-17-10-3-4-14(17)12-16-9-11-21-15-7-5-13(6-8-15)18(19)20/h5-8,14,16H,2-4,9-12H2,1H3. The van der Waals surface area contributed by atoms with Gasteiger partial charge in [0.15, 0.2) is 0 Å². The second kappa shape index (κ2) is 7.95. The fourth-order valence-corrected chi connectivity index (χ4v) is 2.72. The SMILES string of the molecule is CCN1CCCC1CNCCOc1ccc([N+](=O)[O-])cc1. The summed E-state index contributed by atoms with van der Waals surface area (Å²) in [5, 5.41) is 14.0. The summed E-state index contributed by atoms with van der Waals surface area (Å²) in [5.41, 5.74) is 0.0846. The Morgan fingerprint density at radius 2 is 2.19 bits per heavy atom. The molecule has 0 aliphatic carbocycles. The number of non-ortho nitro benzene ring substituents is 1. The van der Waals surface area contributed by atoms with Gasteiger partial charge >= 0.3 is 0 Å². The van der Waals surface area contributed by atoms with Crippen molar-refractivity contribution in [1.82, 2.24) is 10.2 Å². The Morgan fingerprint density at radius 3 is 2.86 bits per heavy atom. The minimum absolute atomic E-state index is 0.0846. The predicted octanol–water partition coefficient (Wildman–Crippen LogP) is 2.05. The van der Waals surface area contributed by atoms with Gasteiger partial charge in [-0.05, 0) is 38.1 Å². The molecule has 21 heavy (non-hydrogen) atoms. The summed E-state index contributed by atoms with van der Waals surface area (Å²) in [4.78, 5) is 12.6. The molecule has 0 aromatic heterocycles. The van der Waals surface area contributed by atoms with Gasteiger partial charge in [0.25, 0.3) is 5.69 Å². The van der Waals surface area contributed by atoms with Gasteiger partial charge in [0.2, 0.25) is 0 Å². The van der Waals surface area contributed by atoms with Crippen LogP contribution in [0.5, 0.6) is 5.75 Å². The number of benzene rings is 1. The van der Waals surface area contributed by atoms with Crippen LogP contribution in [-0.2, 0) is 0 Å². The highest BCUT2D eigenvalue weighted by atomic mass is 16.6. The van der Waals surface area contributed by atoms with E-state index in [1.165, 1.54) is 31.5 Å². The molecular formula is C15H23N3O3. The number of likely N-dealkylation sites (N-methyl/N-ethyl adjacent to an activating group) is 1. The maximum absolute atomic E-state index is 10.5. The lowest BCUT2D eigenvalue weighted by atomic mass is 10.2. The van der Waals surface area contributed by atoms with Gasteiger partial charge in [-0.3, -0.25) is 15.0 Å².